The fraction of sp³-hybridized carbons (Fsp3) is 0.133. The Hall–Kier alpha value is -1.39. The van der Waals surface area contributed by atoms with Gasteiger partial charge in [-0.05, 0) is 30.0 Å². The monoisotopic (exact) mass is 332 g/mol. The maximum absolute atomic E-state index is 4.44. The first kappa shape index (κ1) is 12.6. The number of anilines is 1. The molecular formula is C15H13BrN2S. The summed E-state index contributed by atoms with van der Waals surface area (Å²) in [7, 11) is 0. The third kappa shape index (κ3) is 2.80. The van der Waals surface area contributed by atoms with Crippen LogP contribution in [0.15, 0.2) is 52.4 Å². The van der Waals surface area contributed by atoms with Crippen LogP contribution in [0.1, 0.15) is 4.88 Å². The van der Waals surface area contributed by atoms with Gasteiger partial charge in [-0.2, -0.15) is 0 Å². The Morgan fingerprint density at radius 2 is 2.05 bits per heavy atom. The number of thiophene rings is 1. The van der Waals surface area contributed by atoms with Crippen molar-refractivity contribution in [1.82, 2.24) is 4.98 Å². The number of hydrogen-bond donors (Lipinski definition) is 1. The molecule has 96 valence electrons. The molecule has 1 aromatic carbocycles. The molecule has 0 saturated heterocycles. The van der Waals surface area contributed by atoms with E-state index in [0.717, 1.165) is 28.6 Å². The molecule has 3 aromatic rings. The van der Waals surface area contributed by atoms with Crippen molar-refractivity contribution in [2.45, 2.75) is 6.42 Å². The Morgan fingerprint density at radius 3 is 2.89 bits per heavy atom. The highest BCUT2D eigenvalue weighted by molar-refractivity contribution is 9.10. The van der Waals surface area contributed by atoms with Crippen LogP contribution >= 0.6 is 27.3 Å². The molecule has 2 heterocycles. The van der Waals surface area contributed by atoms with Gasteiger partial charge in [-0.3, -0.25) is 0 Å². The fourth-order valence-electron chi connectivity index (χ4n) is 2.07. The second-order valence-electron chi connectivity index (χ2n) is 4.25. The van der Waals surface area contributed by atoms with Crippen LogP contribution in [-0.4, -0.2) is 11.5 Å². The van der Waals surface area contributed by atoms with Crippen molar-refractivity contribution in [2.24, 2.45) is 0 Å². The lowest BCUT2D eigenvalue weighted by atomic mass is 10.1. The maximum Gasteiger partial charge on any atom is 0.133 e. The minimum absolute atomic E-state index is 0.902. The number of benzene rings is 1. The SMILES string of the molecule is Brc1cccc2c(NCCc3cccs3)nccc12. The number of pyridine rings is 1. The number of fused-ring (bicyclic) bond motifs is 1. The summed E-state index contributed by atoms with van der Waals surface area (Å²) in [6.07, 6.45) is 2.88. The Labute approximate surface area is 124 Å². The van der Waals surface area contributed by atoms with Crippen LogP contribution in [0.5, 0.6) is 0 Å². The number of rotatable bonds is 4. The van der Waals surface area contributed by atoms with Gasteiger partial charge in [0.25, 0.3) is 0 Å². The fourth-order valence-corrected chi connectivity index (χ4v) is 3.28. The van der Waals surface area contributed by atoms with Gasteiger partial charge in [0.2, 0.25) is 0 Å². The van der Waals surface area contributed by atoms with Crippen LogP contribution in [0.25, 0.3) is 10.8 Å². The van der Waals surface area contributed by atoms with E-state index in [0.29, 0.717) is 0 Å². The molecule has 4 heteroatoms. The van der Waals surface area contributed by atoms with E-state index in [1.807, 2.05) is 18.3 Å². The molecule has 3 rings (SSSR count). The van der Waals surface area contributed by atoms with Crippen molar-refractivity contribution < 1.29 is 0 Å². The summed E-state index contributed by atoms with van der Waals surface area (Å²) in [5.41, 5.74) is 0. The highest BCUT2D eigenvalue weighted by Gasteiger charge is 2.04. The second-order valence-corrected chi connectivity index (χ2v) is 6.14. The van der Waals surface area contributed by atoms with Crippen molar-refractivity contribution in [3.05, 3.63) is 57.3 Å². The molecule has 19 heavy (non-hydrogen) atoms. The summed E-state index contributed by atoms with van der Waals surface area (Å²) in [4.78, 5) is 5.84. The van der Waals surface area contributed by atoms with E-state index in [9.17, 15) is 0 Å². The smallest absolute Gasteiger partial charge is 0.133 e. The van der Waals surface area contributed by atoms with Gasteiger partial charge >= 0.3 is 0 Å². The lowest BCUT2D eigenvalue weighted by Crippen LogP contribution is -2.05. The van der Waals surface area contributed by atoms with E-state index in [1.54, 1.807) is 11.3 Å². The molecule has 0 aliphatic heterocycles. The molecule has 0 fully saturated rings. The Balaban J connectivity index is 1.79. The van der Waals surface area contributed by atoms with Crippen molar-refractivity contribution in [3.8, 4) is 0 Å². The van der Waals surface area contributed by atoms with Crippen LogP contribution in [0.2, 0.25) is 0 Å². The molecule has 0 radical (unpaired) electrons. The molecule has 0 unspecified atom stereocenters. The standard InChI is InChI=1S/C15H13BrN2S/c16-14-5-1-4-13-12(14)7-9-18-15(13)17-8-6-11-3-2-10-19-11/h1-5,7,9-10H,6,8H2,(H,17,18). The average molecular weight is 333 g/mol. The molecular weight excluding hydrogens is 320 g/mol. The zero-order valence-electron chi connectivity index (χ0n) is 10.3. The predicted molar refractivity (Wildman–Crippen MR) is 86.0 cm³/mol. The van der Waals surface area contributed by atoms with Gasteiger partial charge < -0.3 is 5.32 Å². The first-order valence-electron chi connectivity index (χ1n) is 6.14. The summed E-state index contributed by atoms with van der Waals surface area (Å²) in [6.45, 7) is 0.902. The van der Waals surface area contributed by atoms with E-state index >= 15 is 0 Å². The topological polar surface area (TPSA) is 24.9 Å². The molecule has 0 spiro atoms. The molecule has 0 saturated carbocycles. The van der Waals surface area contributed by atoms with E-state index in [1.165, 1.54) is 10.3 Å². The Bertz CT molecular complexity index is 680. The first-order chi connectivity index (χ1) is 9.34. The number of hydrogen-bond acceptors (Lipinski definition) is 3. The second kappa shape index (κ2) is 5.72. The Kier molecular flexibility index (Phi) is 3.80. The van der Waals surface area contributed by atoms with Crippen molar-refractivity contribution in [3.63, 3.8) is 0 Å². The number of nitrogens with zero attached hydrogens (tertiary/aromatic N) is 1. The van der Waals surface area contributed by atoms with Gasteiger partial charge in [0.05, 0.1) is 0 Å². The zero-order valence-corrected chi connectivity index (χ0v) is 12.7. The van der Waals surface area contributed by atoms with E-state index in [-0.39, 0.29) is 0 Å². The molecule has 0 atom stereocenters. The van der Waals surface area contributed by atoms with Gasteiger partial charge in [0.1, 0.15) is 5.82 Å². The van der Waals surface area contributed by atoms with Crippen LogP contribution < -0.4 is 5.32 Å². The normalized spacial score (nSPS) is 10.8. The summed E-state index contributed by atoms with van der Waals surface area (Å²) in [5, 5.41) is 7.89. The third-order valence-electron chi connectivity index (χ3n) is 3.00. The van der Waals surface area contributed by atoms with Gasteiger partial charge in [0.15, 0.2) is 0 Å². The summed E-state index contributed by atoms with van der Waals surface area (Å²) in [5.74, 6) is 0.954. The number of aromatic nitrogens is 1. The molecule has 2 nitrogen and oxygen atoms in total. The van der Waals surface area contributed by atoms with Crippen LogP contribution in [0.3, 0.4) is 0 Å². The predicted octanol–water partition coefficient (Wildman–Crippen LogP) is 4.71. The highest BCUT2D eigenvalue weighted by Crippen LogP contribution is 2.27. The molecule has 0 aliphatic carbocycles. The molecule has 0 amide bonds. The highest BCUT2D eigenvalue weighted by atomic mass is 79.9. The zero-order chi connectivity index (χ0) is 13.1. The van der Waals surface area contributed by atoms with Gasteiger partial charge in [-0.15, -0.1) is 11.3 Å². The van der Waals surface area contributed by atoms with Gasteiger partial charge in [-0.1, -0.05) is 34.1 Å². The summed E-state index contributed by atoms with van der Waals surface area (Å²) >= 11 is 5.37. The first-order valence-corrected chi connectivity index (χ1v) is 7.81. The van der Waals surface area contributed by atoms with E-state index in [2.05, 4.69) is 55.9 Å². The molecule has 0 bridgehead atoms. The molecule has 2 aromatic heterocycles. The average Bonchev–Trinajstić information content (AvgIpc) is 2.93. The molecule has 0 aliphatic rings. The van der Waals surface area contributed by atoms with Crippen molar-refractivity contribution in [1.29, 1.82) is 0 Å². The van der Waals surface area contributed by atoms with Crippen LogP contribution in [0, 0.1) is 0 Å². The van der Waals surface area contributed by atoms with Crippen LogP contribution in [-0.2, 0) is 6.42 Å². The summed E-state index contributed by atoms with van der Waals surface area (Å²) < 4.78 is 1.11. The lowest BCUT2D eigenvalue weighted by molar-refractivity contribution is 1.03. The number of halogens is 1. The van der Waals surface area contributed by atoms with Gasteiger partial charge in [0, 0.05) is 32.9 Å². The van der Waals surface area contributed by atoms with Gasteiger partial charge in [-0.25, -0.2) is 4.98 Å². The largest absolute Gasteiger partial charge is 0.369 e. The maximum atomic E-state index is 4.44. The number of nitrogens with one attached hydrogen (secondary N) is 1. The summed E-state index contributed by atoms with van der Waals surface area (Å²) in [6, 6.07) is 12.5. The third-order valence-corrected chi connectivity index (χ3v) is 4.62. The van der Waals surface area contributed by atoms with Crippen LogP contribution in [0.4, 0.5) is 5.82 Å². The van der Waals surface area contributed by atoms with Crippen molar-refractivity contribution in [2.75, 3.05) is 11.9 Å². The molecule has 1 N–H and O–H groups in total. The quantitative estimate of drug-likeness (QED) is 0.748. The minimum atomic E-state index is 0.902. The lowest BCUT2D eigenvalue weighted by Gasteiger charge is -2.09. The Morgan fingerprint density at radius 1 is 1.11 bits per heavy atom. The minimum Gasteiger partial charge on any atom is -0.369 e. The van der Waals surface area contributed by atoms with E-state index in [4.69, 9.17) is 0 Å². The van der Waals surface area contributed by atoms with Crippen molar-refractivity contribution >= 4 is 43.9 Å². The van der Waals surface area contributed by atoms with E-state index < -0.39 is 0 Å².